The first kappa shape index (κ1) is 24.8. The molecule has 2 unspecified atom stereocenters. The van der Waals surface area contributed by atoms with Crippen LogP contribution in [-0.4, -0.2) is 49.7 Å². The van der Waals surface area contributed by atoms with Crippen molar-refractivity contribution in [2.45, 2.75) is 25.5 Å². The first-order chi connectivity index (χ1) is 12.8. The fourth-order valence-corrected chi connectivity index (χ4v) is 3.52. The van der Waals surface area contributed by atoms with E-state index in [1.807, 2.05) is 49.5 Å². The van der Waals surface area contributed by atoms with E-state index in [1.54, 1.807) is 19.1 Å². The lowest BCUT2D eigenvalue weighted by Gasteiger charge is -2.26. The first-order valence-corrected chi connectivity index (χ1v) is 9.92. The fraction of sp³-hybridized carbons (Fsp3) is 0.450. The fourth-order valence-electron chi connectivity index (χ4n) is 2.74. The van der Waals surface area contributed by atoms with Gasteiger partial charge >= 0.3 is 0 Å². The Bertz CT molecular complexity index is 738. The second kappa shape index (κ2) is 11.7. The van der Waals surface area contributed by atoms with Crippen LogP contribution in [0.5, 0.6) is 0 Å². The number of aliphatic imine (C=N–C) groups is 1. The minimum Gasteiger partial charge on any atom is -0.383 e. The van der Waals surface area contributed by atoms with Crippen LogP contribution in [0.4, 0.5) is 4.39 Å². The van der Waals surface area contributed by atoms with Gasteiger partial charge < -0.3 is 20.6 Å². The van der Waals surface area contributed by atoms with Gasteiger partial charge in [0.25, 0.3) is 0 Å². The van der Waals surface area contributed by atoms with E-state index in [-0.39, 0.29) is 42.4 Å². The Kier molecular flexibility index (Phi) is 10.4. The number of guanidine groups is 1. The number of nitrogens with zero attached hydrogens (tertiary/aromatic N) is 2. The van der Waals surface area contributed by atoms with Crippen molar-refractivity contribution in [1.29, 1.82) is 0 Å². The van der Waals surface area contributed by atoms with Crippen molar-refractivity contribution in [3.63, 3.8) is 0 Å². The maximum absolute atomic E-state index is 13.6. The Morgan fingerprint density at radius 3 is 2.61 bits per heavy atom. The summed E-state index contributed by atoms with van der Waals surface area (Å²) in [4.78, 5) is 7.46. The Morgan fingerprint density at radius 1 is 1.29 bits per heavy atom. The van der Waals surface area contributed by atoms with Crippen LogP contribution < -0.4 is 10.6 Å². The number of hydrogen-bond acceptors (Lipinski definition) is 4. The predicted octanol–water partition coefficient (Wildman–Crippen LogP) is 3.57. The Hall–Kier alpha value is -1.23. The van der Waals surface area contributed by atoms with Crippen LogP contribution in [0.2, 0.25) is 0 Å². The van der Waals surface area contributed by atoms with Crippen LogP contribution in [0.15, 0.2) is 46.8 Å². The lowest BCUT2D eigenvalue weighted by atomic mass is 10.1. The third kappa shape index (κ3) is 7.31. The zero-order chi connectivity index (χ0) is 19.9. The molecule has 0 saturated heterocycles. The third-order valence-electron chi connectivity index (χ3n) is 4.26. The molecule has 0 fully saturated rings. The largest absolute Gasteiger partial charge is 0.383 e. The summed E-state index contributed by atoms with van der Waals surface area (Å²) in [6.45, 7) is 5.27. The van der Waals surface area contributed by atoms with Gasteiger partial charge in [-0.05, 0) is 57.1 Å². The highest BCUT2D eigenvalue weighted by molar-refractivity contribution is 14.0. The van der Waals surface area contributed by atoms with Crippen molar-refractivity contribution in [3.8, 4) is 0 Å². The minimum atomic E-state index is -1.01. The number of benzene rings is 1. The van der Waals surface area contributed by atoms with Gasteiger partial charge in [-0.15, -0.1) is 35.3 Å². The lowest BCUT2D eigenvalue weighted by molar-refractivity contribution is 0.0711. The van der Waals surface area contributed by atoms with E-state index in [4.69, 9.17) is 0 Å². The zero-order valence-corrected chi connectivity index (χ0v) is 19.9. The number of rotatable bonds is 8. The molecule has 5 nitrogen and oxygen atoms in total. The molecule has 0 bridgehead atoms. The van der Waals surface area contributed by atoms with Gasteiger partial charge in [0, 0.05) is 18.0 Å². The SMILES string of the molecule is CCNC(=NCC(C)(O)c1cccs1)NCC(c1cccc(F)c1)N(C)C.I. The maximum Gasteiger partial charge on any atom is 0.191 e. The molecule has 1 heterocycles. The molecule has 0 aliphatic rings. The molecule has 0 aliphatic heterocycles. The molecule has 0 radical (unpaired) electrons. The molecule has 1 aromatic carbocycles. The summed E-state index contributed by atoms with van der Waals surface area (Å²) < 4.78 is 13.6. The Morgan fingerprint density at radius 2 is 2.04 bits per heavy atom. The molecule has 3 N–H and O–H groups in total. The topological polar surface area (TPSA) is 59.9 Å². The van der Waals surface area contributed by atoms with E-state index in [0.29, 0.717) is 19.0 Å². The predicted molar refractivity (Wildman–Crippen MR) is 126 cm³/mol. The molecule has 2 atom stereocenters. The van der Waals surface area contributed by atoms with E-state index in [9.17, 15) is 9.50 Å². The van der Waals surface area contributed by atoms with Gasteiger partial charge in [0.15, 0.2) is 5.96 Å². The van der Waals surface area contributed by atoms with E-state index < -0.39 is 5.60 Å². The van der Waals surface area contributed by atoms with E-state index in [1.165, 1.54) is 17.4 Å². The van der Waals surface area contributed by atoms with E-state index >= 15 is 0 Å². The molecular formula is C20H30FIN4OS. The van der Waals surface area contributed by atoms with Gasteiger partial charge in [0.1, 0.15) is 11.4 Å². The number of aliphatic hydroxyl groups is 1. The standard InChI is InChI=1S/C20H29FN4OS.HI/c1-5-22-19(24-14-20(2,26)18-10-7-11-27-18)23-13-17(25(3)4)15-8-6-9-16(21)12-15;/h6-12,17,26H,5,13-14H2,1-4H3,(H2,22,23,24);1H. The van der Waals surface area contributed by atoms with Crippen LogP contribution in [-0.2, 0) is 5.60 Å². The van der Waals surface area contributed by atoms with Crippen molar-refractivity contribution in [2.75, 3.05) is 33.7 Å². The van der Waals surface area contributed by atoms with Gasteiger partial charge in [0.2, 0.25) is 0 Å². The second-order valence-electron chi connectivity index (χ2n) is 6.86. The molecule has 2 aromatic rings. The minimum absolute atomic E-state index is 0. The number of nitrogens with one attached hydrogen (secondary N) is 2. The normalized spacial score (nSPS) is 14.9. The summed E-state index contributed by atoms with van der Waals surface area (Å²) in [5.41, 5.74) is -0.117. The molecule has 28 heavy (non-hydrogen) atoms. The highest BCUT2D eigenvalue weighted by Crippen LogP contribution is 2.25. The molecule has 8 heteroatoms. The summed E-state index contributed by atoms with van der Waals surface area (Å²) in [5, 5.41) is 19.1. The number of halogens is 2. The lowest BCUT2D eigenvalue weighted by Crippen LogP contribution is -2.42. The smallest absolute Gasteiger partial charge is 0.191 e. The van der Waals surface area contributed by atoms with Crippen LogP contribution in [0.3, 0.4) is 0 Å². The number of thiophene rings is 1. The van der Waals surface area contributed by atoms with Gasteiger partial charge in [-0.2, -0.15) is 0 Å². The molecule has 0 saturated carbocycles. The molecular weight excluding hydrogens is 490 g/mol. The summed E-state index contributed by atoms with van der Waals surface area (Å²) >= 11 is 1.51. The monoisotopic (exact) mass is 520 g/mol. The van der Waals surface area contributed by atoms with Gasteiger partial charge in [-0.1, -0.05) is 18.2 Å². The molecule has 0 spiro atoms. The highest BCUT2D eigenvalue weighted by atomic mass is 127. The molecule has 156 valence electrons. The third-order valence-corrected chi connectivity index (χ3v) is 5.38. The second-order valence-corrected chi connectivity index (χ2v) is 7.81. The zero-order valence-electron chi connectivity index (χ0n) is 16.8. The van der Waals surface area contributed by atoms with Crippen LogP contribution >= 0.6 is 35.3 Å². The Labute approximate surface area is 188 Å². The van der Waals surface area contributed by atoms with E-state index in [2.05, 4.69) is 15.6 Å². The number of hydrogen-bond donors (Lipinski definition) is 3. The maximum atomic E-state index is 13.6. The van der Waals surface area contributed by atoms with Crippen molar-refractivity contribution < 1.29 is 9.50 Å². The molecule has 0 aliphatic carbocycles. The van der Waals surface area contributed by atoms with Crippen molar-refractivity contribution >= 4 is 41.3 Å². The number of likely N-dealkylation sites (N-methyl/N-ethyl adjacent to an activating group) is 1. The molecule has 0 amide bonds. The molecule has 2 rings (SSSR count). The summed E-state index contributed by atoms with van der Waals surface area (Å²) in [5.74, 6) is 0.379. The van der Waals surface area contributed by atoms with E-state index in [0.717, 1.165) is 10.4 Å². The highest BCUT2D eigenvalue weighted by Gasteiger charge is 2.24. The summed E-state index contributed by atoms with van der Waals surface area (Å²) in [6, 6.07) is 10.5. The van der Waals surface area contributed by atoms with Crippen molar-refractivity contribution in [2.24, 2.45) is 4.99 Å². The van der Waals surface area contributed by atoms with Crippen molar-refractivity contribution in [1.82, 2.24) is 15.5 Å². The average molecular weight is 520 g/mol. The van der Waals surface area contributed by atoms with Gasteiger partial charge in [-0.3, -0.25) is 0 Å². The van der Waals surface area contributed by atoms with Crippen LogP contribution in [0.1, 0.15) is 30.3 Å². The van der Waals surface area contributed by atoms with Gasteiger partial charge in [-0.25, -0.2) is 9.38 Å². The molecule has 1 aromatic heterocycles. The Balaban J connectivity index is 0.00000392. The van der Waals surface area contributed by atoms with Gasteiger partial charge in [0.05, 0.1) is 12.6 Å². The summed E-state index contributed by atoms with van der Waals surface area (Å²) in [6.07, 6.45) is 0. The van der Waals surface area contributed by atoms with Crippen LogP contribution in [0.25, 0.3) is 0 Å². The van der Waals surface area contributed by atoms with Crippen LogP contribution in [0, 0.1) is 5.82 Å². The quantitative estimate of drug-likeness (QED) is 0.283. The average Bonchev–Trinajstić information content (AvgIpc) is 3.15. The first-order valence-electron chi connectivity index (χ1n) is 9.04. The summed E-state index contributed by atoms with van der Waals surface area (Å²) in [7, 11) is 3.92. The van der Waals surface area contributed by atoms with Crippen molar-refractivity contribution in [3.05, 3.63) is 58.0 Å².